The Hall–Kier alpha value is -2.63. The quantitative estimate of drug-likeness (QED) is 0.845. The van der Waals surface area contributed by atoms with Crippen molar-refractivity contribution in [3.8, 4) is 5.75 Å². The lowest BCUT2D eigenvalue weighted by Crippen LogP contribution is -2.56. The van der Waals surface area contributed by atoms with Gasteiger partial charge in [0, 0.05) is 12.6 Å². The minimum Gasteiger partial charge on any atom is -0.481 e. The minimum absolute atomic E-state index is 0.0168. The van der Waals surface area contributed by atoms with Gasteiger partial charge in [0.1, 0.15) is 5.82 Å². The number of hydrogen-bond donors (Lipinski definition) is 0. The van der Waals surface area contributed by atoms with E-state index in [1.54, 1.807) is 5.01 Å². The van der Waals surface area contributed by atoms with E-state index in [0.29, 0.717) is 0 Å². The van der Waals surface area contributed by atoms with Crippen LogP contribution in [-0.4, -0.2) is 30.1 Å². The normalized spacial score (nSPS) is 17.5. The number of hydrazine groups is 1. The van der Waals surface area contributed by atoms with Crippen LogP contribution < -0.4 is 9.75 Å². The van der Waals surface area contributed by atoms with E-state index >= 15 is 0 Å². The van der Waals surface area contributed by atoms with E-state index in [4.69, 9.17) is 4.74 Å². The fraction of sp³-hybridized carbons (Fsp3) is 0.316. The average molecular weight is 346 g/mol. The molecule has 1 atom stereocenters. The zero-order chi connectivity index (χ0) is 17.8. The van der Waals surface area contributed by atoms with Crippen LogP contribution in [-0.2, 0) is 4.79 Å². The molecule has 0 radical (unpaired) electrons. The zero-order valence-electron chi connectivity index (χ0n) is 14.0. The standard InChI is InChI=1S/C19H20F2N2O2/c1-14-6-5-11-22(16-7-3-2-4-8-16)23(14)19(24)13-25-18-10-9-15(20)12-17(18)21/h2-4,7-10,12,14H,5-6,11,13H2,1H3/t14-/m1/s1. The van der Waals surface area contributed by atoms with E-state index in [2.05, 4.69) is 0 Å². The molecule has 0 spiro atoms. The van der Waals surface area contributed by atoms with Gasteiger partial charge in [0.25, 0.3) is 5.91 Å². The average Bonchev–Trinajstić information content (AvgIpc) is 2.61. The Balaban J connectivity index is 1.73. The summed E-state index contributed by atoms with van der Waals surface area (Å²) >= 11 is 0. The molecule has 0 bridgehead atoms. The number of anilines is 1. The number of nitrogens with zero attached hydrogens (tertiary/aromatic N) is 2. The maximum atomic E-state index is 13.7. The van der Waals surface area contributed by atoms with Crippen LogP contribution in [0.1, 0.15) is 19.8 Å². The van der Waals surface area contributed by atoms with Gasteiger partial charge < -0.3 is 4.74 Å². The van der Waals surface area contributed by atoms with Crippen LogP contribution >= 0.6 is 0 Å². The second-order valence-electron chi connectivity index (χ2n) is 6.05. The molecule has 6 heteroatoms. The number of para-hydroxylation sites is 1. The van der Waals surface area contributed by atoms with Gasteiger partial charge in [-0.2, -0.15) is 0 Å². The van der Waals surface area contributed by atoms with Crippen molar-refractivity contribution in [3.63, 3.8) is 0 Å². The monoisotopic (exact) mass is 346 g/mol. The van der Waals surface area contributed by atoms with Crippen molar-refractivity contribution in [2.75, 3.05) is 18.2 Å². The summed E-state index contributed by atoms with van der Waals surface area (Å²) in [5.41, 5.74) is 0.926. The number of benzene rings is 2. The van der Waals surface area contributed by atoms with Crippen LogP contribution in [0.25, 0.3) is 0 Å². The molecule has 132 valence electrons. The number of halogens is 2. The fourth-order valence-corrected chi connectivity index (χ4v) is 3.04. The van der Waals surface area contributed by atoms with E-state index in [9.17, 15) is 13.6 Å². The molecule has 4 nitrogen and oxygen atoms in total. The van der Waals surface area contributed by atoms with Gasteiger partial charge in [0.15, 0.2) is 18.2 Å². The molecular weight excluding hydrogens is 326 g/mol. The van der Waals surface area contributed by atoms with Gasteiger partial charge in [0.05, 0.1) is 11.7 Å². The molecule has 1 aliphatic heterocycles. The van der Waals surface area contributed by atoms with Gasteiger partial charge >= 0.3 is 0 Å². The molecule has 1 heterocycles. The topological polar surface area (TPSA) is 32.8 Å². The van der Waals surface area contributed by atoms with Crippen molar-refractivity contribution in [1.29, 1.82) is 0 Å². The molecule has 3 rings (SSSR count). The summed E-state index contributed by atoms with van der Waals surface area (Å²) in [6.07, 6.45) is 1.87. The Bertz CT molecular complexity index is 739. The number of rotatable bonds is 4. The molecule has 0 N–H and O–H groups in total. The Kier molecular flexibility index (Phi) is 5.16. The summed E-state index contributed by atoms with van der Waals surface area (Å²) in [5.74, 6) is -1.90. The van der Waals surface area contributed by atoms with Crippen LogP contribution in [0.4, 0.5) is 14.5 Å². The third-order valence-corrected chi connectivity index (χ3v) is 4.22. The van der Waals surface area contributed by atoms with Crippen LogP contribution in [0.2, 0.25) is 0 Å². The van der Waals surface area contributed by atoms with E-state index in [1.807, 2.05) is 42.3 Å². The lowest BCUT2D eigenvalue weighted by Gasteiger charge is -2.44. The molecule has 1 saturated heterocycles. The largest absolute Gasteiger partial charge is 0.481 e. The van der Waals surface area contributed by atoms with Crippen LogP contribution in [0.15, 0.2) is 48.5 Å². The highest BCUT2D eigenvalue weighted by atomic mass is 19.1. The smallest absolute Gasteiger partial charge is 0.279 e. The Morgan fingerprint density at radius 1 is 1.20 bits per heavy atom. The summed E-state index contributed by atoms with van der Waals surface area (Å²) < 4.78 is 31.9. The maximum absolute atomic E-state index is 13.7. The molecule has 1 amide bonds. The van der Waals surface area contributed by atoms with Gasteiger partial charge in [-0.05, 0) is 44.0 Å². The first kappa shape index (κ1) is 17.2. The summed E-state index contributed by atoms with van der Waals surface area (Å²) in [4.78, 5) is 12.7. The highest BCUT2D eigenvalue weighted by molar-refractivity contribution is 5.80. The second kappa shape index (κ2) is 7.51. The van der Waals surface area contributed by atoms with E-state index in [-0.39, 0.29) is 24.3 Å². The fourth-order valence-electron chi connectivity index (χ4n) is 3.04. The molecule has 1 aliphatic rings. The second-order valence-corrected chi connectivity index (χ2v) is 6.05. The van der Waals surface area contributed by atoms with Crippen molar-refractivity contribution in [2.24, 2.45) is 0 Å². The Labute approximate surface area is 145 Å². The SMILES string of the molecule is C[C@@H]1CCCN(c2ccccc2)N1C(=O)COc1ccc(F)cc1F. The van der Waals surface area contributed by atoms with Crippen molar-refractivity contribution < 1.29 is 18.3 Å². The van der Waals surface area contributed by atoms with Crippen molar-refractivity contribution >= 4 is 11.6 Å². The third kappa shape index (κ3) is 3.90. The van der Waals surface area contributed by atoms with Crippen molar-refractivity contribution in [2.45, 2.75) is 25.8 Å². The molecule has 25 heavy (non-hydrogen) atoms. The minimum atomic E-state index is -0.820. The van der Waals surface area contributed by atoms with Gasteiger partial charge in [-0.1, -0.05) is 18.2 Å². The lowest BCUT2D eigenvalue weighted by molar-refractivity contribution is -0.137. The van der Waals surface area contributed by atoms with Crippen molar-refractivity contribution in [3.05, 3.63) is 60.2 Å². The highest BCUT2D eigenvalue weighted by Gasteiger charge is 2.30. The van der Waals surface area contributed by atoms with Gasteiger partial charge in [-0.25, -0.2) is 13.8 Å². The maximum Gasteiger partial charge on any atom is 0.279 e. The first-order valence-electron chi connectivity index (χ1n) is 8.28. The molecule has 0 saturated carbocycles. The number of hydrogen-bond acceptors (Lipinski definition) is 3. The van der Waals surface area contributed by atoms with Crippen LogP contribution in [0.5, 0.6) is 5.75 Å². The van der Waals surface area contributed by atoms with E-state index < -0.39 is 11.6 Å². The summed E-state index contributed by atoms with van der Waals surface area (Å²) in [7, 11) is 0. The van der Waals surface area contributed by atoms with E-state index in [0.717, 1.165) is 37.2 Å². The number of ether oxygens (including phenoxy) is 1. The first-order chi connectivity index (χ1) is 12.1. The molecule has 0 aliphatic carbocycles. The molecule has 1 fully saturated rings. The molecule has 0 aromatic heterocycles. The predicted octanol–water partition coefficient (Wildman–Crippen LogP) is 3.78. The molecule has 2 aromatic carbocycles. The Morgan fingerprint density at radius 3 is 2.68 bits per heavy atom. The lowest BCUT2D eigenvalue weighted by atomic mass is 10.1. The zero-order valence-corrected chi connectivity index (χ0v) is 14.0. The van der Waals surface area contributed by atoms with Gasteiger partial charge in [-0.15, -0.1) is 0 Å². The van der Waals surface area contributed by atoms with E-state index in [1.165, 1.54) is 6.07 Å². The summed E-state index contributed by atoms with van der Waals surface area (Å²) in [6.45, 7) is 2.40. The van der Waals surface area contributed by atoms with Crippen LogP contribution in [0.3, 0.4) is 0 Å². The molecular formula is C19H20F2N2O2. The number of carbonyl (C=O) groups excluding carboxylic acids is 1. The van der Waals surface area contributed by atoms with Gasteiger partial charge in [-0.3, -0.25) is 9.80 Å². The third-order valence-electron chi connectivity index (χ3n) is 4.22. The predicted molar refractivity (Wildman–Crippen MR) is 91.2 cm³/mol. The molecule has 2 aromatic rings. The van der Waals surface area contributed by atoms with Crippen molar-refractivity contribution in [1.82, 2.24) is 5.01 Å². The summed E-state index contributed by atoms with van der Waals surface area (Å²) in [5, 5.41) is 3.60. The van der Waals surface area contributed by atoms with Crippen LogP contribution in [0, 0.1) is 11.6 Å². The highest BCUT2D eigenvalue weighted by Crippen LogP contribution is 2.25. The summed E-state index contributed by atoms with van der Waals surface area (Å²) in [6, 6.07) is 12.7. The van der Waals surface area contributed by atoms with Gasteiger partial charge in [0.2, 0.25) is 0 Å². The number of carbonyl (C=O) groups is 1. The first-order valence-corrected chi connectivity index (χ1v) is 8.28. The Morgan fingerprint density at radius 2 is 1.96 bits per heavy atom. The number of amides is 1. The molecule has 0 unspecified atom stereocenters.